The van der Waals surface area contributed by atoms with Gasteiger partial charge in [0.25, 0.3) is 5.91 Å². The van der Waals surface area contributed by atoms with Crippen molar-refractivity contribution in [2.75, 3.05) is 18.4 Å². The number of pyridine rings is 1. The molecule has 0 fully saturated rings. The molecule has 0 saturated carbocycles. The van der Waals surface area contributed by atoms with E-state index in [2.05, 4.69) is 46.6 Å². The Balaban J connectivity index is 1.56. The maximum atomic E-state index is 12.3. The zero-order chi connectivity index (χ0) is 17.6. The van der Waals surface area contributed by atoms with E-state index in [1.807, 2.05) is 24.4 Å². The Labute approximate surface area is 147 Å². The standard InChI is InChI=1S/C20H24N4O/c1-14(2)10-23-17-9-16(11-21-13-17)20(25)22-8-7-15-12-24-19-6-4-3-5-18(15)19/h3-6,9,11-14,23-24H,7-8,10H2,1-2H3,(H,22,25). The van der Waals surface area contributed by atoms with E-state index in [1.54, 1.807) is 12.4 Å². The molecule has 0 aliphatic rings. The molecular formula is C20H24N4O. The van der Waals surface area contributed by atoms with Crippen molar-refractivity contribution in [3.8, 4) is 0 Å². The SMILES string of the molecule is CC(C)CNc1cncc(C(=O)NCCc2c[nH]c3ccccc23)c1. The number of anilines is 1. The van der Waals surface area contributed by atoms with Gasteiger partial charge in [0.1, 0.15) is 0 Å². The summed E-state index contributed by atoms with van der Waals surface area (Å²) in [5.41, 5.74) is 3.78. The van der Waals surface area contributed by atoms with E-state index >= 15 is 0 Å². The summed E-state index contributed by atoms with van der Waals surface area (Å²) in [6.07, 6.45) is 6.13. The van der Waals surface area contributed by atoms with E-state index < -0.39 is 0 Å². The topological polar surface area (TPSA) is 69.8 Å². The van der Waals surface area contributed by atoms with Gasteiger partial charge in [0, 0.05) is 42.6 Å². The number of benzene rings is 1. The monoisotopic (exact) mass is 336 g/mol. The third-order valence-electron chi connectivity index (χ3n) is 4.07. The first kappa shape index (κ1) is 17.0. The lowest BCUT2D eigenvalue weighted by molar-refractivity contribution is 0.0954. The average molecular weight is 336 g/mol. The van der Waals surface area contributed by atoms with Gasteiger partial charge in [-0.3, -0.25) is 9.78 Å². The lowest BCUT2D eigenvalue weighted by Crippen LogP contribution is -2.26. The fraction of sp³-hybridized carbons (Fsp3) is 0.300. The summed E-state index contributed by atoms with van der Waals surface area (Å²) >= 11 is 0. The molecule has 1 aromatic carbocycles. The molecule has 3 aromatic rings. The van der Waals surface area contributed by atoms with Crippen molar-refractivity contribution in [2.45, 2.75) is 20.3 Å². The molecule has 2 heterocycles. The highest BCUT2D eigenvalue weighted by atomic mass is 16.1. The van der Waals surface area contributed by atoms with Gasteiger partial charge in [0.2, 0.25) is 0 Å². The van der Waals surface area contributed by atoms with E-state index in [1.165, 1.54) is 10.9 Å². The van der Waals surface area contributed by atoms with Crippen LogP contribution in [0.25, 0.3) is 10.9 Å². The van der Waals surface area contributed by atoms with Crippen molar-refractivity contribution in [1.29, 1.82) is 0 Å². The van der Waals surface area contributed by atoms with Crippen LogP contribution in [0, 0.1) is 5.92 Å². The normalized spacial score (nSPS) is 11.0. The Hall–Kier alpha value is -2.82. The van der Waals surface area contributed by atoms with Crippen LogP contribution in [0.4, 0.5) is 5.69 Å². The number of hydrogen-bond donors (Lipinski definition) is 3. The quantitative estimate of drug-likeness (QED) is 0.617. The van der Waals surface area contributed by atoms with Crippen molar-refractivity contribution in [3.05, 3.63) is 60.0 Å². The molecule has 25 heavy (non-hydrogen) atoms. The van der Waals surface area contributed by atoms with Gasteiger partial charge in [-0.2, -0.15) is 0 Å². The van der Waals surface area contributed by atoms with Crippen LogP contribution in [0.1, 0.15) is 29.8 Å². The zero-order valence-electron chi connectivity index (χ0n) is 14.7. The smallest absolute Gasteiger partial charge is 0.252 e. The second-order valence-electron chi connectivity index (χ2n) is 6.60. The summed E-state index contributed by atoms with van der Waals surface area (Å²) in [6.45, 7) is 5.72. The number of hydrogen-bond acceptors (Lipinski definition) is 3. The van der Waals surface area contributed by atoms with Crippen molar-refractivity contribution >= 4 is 22.5 Å². The molecule has 0 unspecified atom stereocenters. The summed E-state index contributed by atoms with van der Waals surface area (Å²) in [5.74, 6) is 0.439. The van der Waals surface area contributed by atoms with E-state index in [0.717, 1.165) is 24.2 Å². The molecule has 0 radical (unpaired) electrons. The largest absolute Gasteiger partial charge is 0.384 e. The van der Waals surface area contributed by atoms with Crippen LogP contribution in [0.5, 0.6) is 0 Å². The van der Waals surface area contributed by atoms with Crippen molar-refractivity contribution in [3.63, 3.8) is 0 Å². The van der Waals surface area contributed by atoms with Gasteiger partial charge in [-0.15, -0.1) is 0 Å². The highest BCUT2D eigenvalue weighted by Crippen LogP contribution is 2.17. The third-order valence-corrected chi connectivity index (χ3v) is 4.07. The minimum atomic E-state index is -0.0967. The van der Waals surface area contributed by atoms with E-state index in [0.29, 0.717) is 18.0 Å². The number of nitrogens with one attached hydrogen (secondary N) is 3. The number of para-hydroxylation sites is 1. The fourth-order valence-electron chi connectivity index (χ4n) is 2.73. The zero-order valence-corrected chi connectivity index (χ0v) is 14.7. The minimum Gasteiger partial charge on any atom is -0.384 e. The molecule has 0 saturated heterocycles. The number of rotatable bonds is 7. The van der Waals surface area contributed by atoms with Crippen LogP contribution in [0.2, 0.25) is 0 Å². The number of carbonyl (C=O) groups is 1. The molecule has 5 heteroatoms. The fourth-order valence-corrected chi connectivity index (χ4v) is 2.73. The molecular weight excluding hydrogens is 312 g/mol. The minimum absolute atomic E-state index is 0.0967. The van der Waals surface area contributed by atoms with Gasteiger partial charge in [-0.05, 0) is 30.0 Å². The Morgan fingerprint density at radius 1 is 1.24 bits per heavy atom. The molecule has 3 rings (SSSR count). The molecule has 2 aromatic heterocycles. The molecule has 0 spiro atoms. The average Bonchev–Trinajstić information content (AvgIpc) is 3.03. The van der Waals surface area contributed by atoms with Gasteiger partial charge in [0.05, 0.1) is 11.3 Å². The maximum absolute atomic E-state index is 12.3. The Bertz CT molecular complexity index is 854. The van der Waals surface area contributed by atoms with Crippen LogP contribution >= 0.6 is 0 Å². The first-order chi connectivity index (χ1) is 12.1. The molecule has 0 aliphatic carbocycles. The number of nitrogens with zero attached hydrogens (tertiary/aromatic N) is 1. The van der Waals surface area contributed by atoms with Crippen molar-refractivity contribution in [1.82, 2.24) is 15.3 Å². The van der Waals surface area contributed by atoms with Crippen LogP contribution in [0.15, 0.2) is 48.9 Å². The lowest BCUT2D eigenvalue weighted by atomic mass is 10.1. The summed E-state index contributed by atoms with van der Waals surface area (Å²) in [5, 5.41) is 7.47. The number of H-pyrrole nitrogens is 1. The molecule has 0 atom stereocenters. The lowest BCUT2D eigenvalue weighted by Gasteiger charge is -2.10. The van der Waals surface area contributed by atoms with Crippen LogP contribution in [-0.4, -0.2) is 29.0 Å². The summed E-state index contributed by atoms with van der Waals surface area (Å²) in [7, 11) is 0. The van der Waals surface area contributed by atoms with Gasteiger partial charge < -0.3 is 15.6 Å². The first-order valence-corrected chi connectivity index (χ1v) is 8.65. The van der Waals surface area contributed by atoms with E-state index in [4.69, 9.17) is 0 Å². The van der Waals surface area contributed by atoms with Gasteiger partial charge in [-0.25, -0.2) is 0 Å². The highest BCUT2D eigenvalue weighted by molar-refractivity contribution is 5.94. The first-order valence-electron chi connectivity index (χ1n) is 8.65. The van der Waals surface area contributed by atoms with Gasteiger partial charge in [0.15, 0.2) is 0 Å². The second kappa shape index (κ2) is 7.83. The predicted octanol–water partition coefficient (Wildman–Crippen LogP) is 3.60. The molecule has 0 bridgehead atoms. The molecule has 1 amide bonds. The number of fused-ring (bicyclic) bond motifs is 1. The molecule has 130 valence electrons. The van der Waals surface area contributed by atoms with E-state index in [-0.39, 0.29) is 5.91 Å². The molecule has 3 N–H and O–H groups in total. The van der Waals surface area contributed by atoms with Crippen LogP contribution in [-0.2, 0) is 6.42 Å². The van der Waals surface area contributed by atoms with Crippen LogP contribution in [0.3, 0.4) is 0 Å². The van der Waals surface area contributed by atoms with Gasteiger partial charge in [-0.1, -0.05) is 32.0 Å². The second-order valence-corrected chi connectivity index (χ2v) is 6.60. The summed E-state index contributed by atoms with van der Waals surface area (Å²) < 4.78 is 0. The number of aromatic nitrogens is 2. The van der Waals surface area contributed by atoms with E-state index in [9.17, 15) is 4.79 Å². The van der Waals surface area contributed by atoms with Crippen molar-refractivity contribution in [2.24, 2.45) is 5.92 Å². The third kappa shape index (κ3) is 4.38. The molecule has 0 aliphatic heterocycles. The Kier molecular flexibility index (Phi) is 5.33. The maximum Gasteiger partial charge on any atom is 0.252 e. The van der Waals surface area contributed by atoms with Gasteiger partial charge >= 0.3 is 0 Å². The summed E-state index contributed by atoms with van der Waals surface area (Å²) in [6, 6.07) is 10.0. The Morgan fingerprint density at radius 3 is 2.92 bits per heavy atom. The highest BCUT2D eigenvalue weighted by Gasteiger charge is 2.08. The Morgan fingerprint density at radius 2 is 2.08 bits per heavy atom. The number of carbonyl (C=O) groups excluding carboxylic acids is 1. The predicted molar refractivity (Wildman–Crippen MR) is 102 cm³/mol. The van der Waals surface area contributed by atoms with Crippen LogP contribution < -0.4 is 10.6 Å². The number of aromatic amines is 1. The van der Waals surface area contributed by atoms with Crippen molar-refractivity contribution < 1.29 is 4.79 Å². The summed E-state index contributed by atoms with van der Waals surface area (Å²) in [4.78, 5) is 19.8. The molecule has 5 nitrogen and oxygen atoms in total. The number of amides is 1.